The van der Waals surface area contributed by atoms with E-state index in [2.05, 4.69) is 15.6 Å². The molecule has 0 atom stereocenters. The third kappa shape index (κ3) is 5.21. The van der Waals surface area contributed by atoms with Crippen molar-refractivity contribution >= 4 is 23.5 Å². The molecule has 2 rings (SSSR count). The second-order valence-electron chi connectivity index (χ2n) is 5.50. The number of benzene rings is 1. The van der Waals surface area contributed by atoms with Crippen molar-refractivity contribution in [2.75, 3.05) is 32.8 Å². The maximum atomic E-state index is 12.4. The van der Waals surface area contributed by atoms with Gasteiger partial charge in [-0.2, -0.15) is 0 Å². The Morgan fingerprint density at radius 3 is 2.28 bits per heavy atom. The number of nitrogens with zero attached hydrogens (tertiary/aromatic N) is 3. The lowest BCUT2D eigenvalue weighted by molar-refractivity contribution is -0.116. The number of hydrogen-bond donors (Lipinski definition) is 1. The third-order valence-corrected chi connectivity index (χ3v) is 3.63. The molecule has 0 saturated heterocycles. The number of nitrogens with one attached hydrogen (secondary N) is 1. The number of hydrogen-bond acceptors (Lipinski definition) is 9. The number of methoxy groups -OCH3 is 2. The number of amides is 1. The normalized spacial score (nSPS) is 10.2. The van der Waals surface area contributed by atoms with Gasteiger partial charge in [0, 0.05) is 11.8 Å². The van der Waals surface area contributed by atoms with E-state index in [-0.39, 0.29) is 31.1 Å². The highest BCUT2D eigenvalue weighted by Gasteiger charge is 2.28. The van der Waals surface area contributed by atoms with Gasteiger partial charge in [0.25, 0.3) is 0 Å². The van der Waals surface area contributed by atoms with Gasteiger partial charge in [0.15, 0.2) is 17.2 Å². The number of anilines is 1. The van der Waals surface area contributed by atoms with Crippen LogP contribution >= 0.6 is 0 Å². The van der Waals surface area contributed by atoms with Crippen LogP contribution in [-0.4, -0.2) is 60.3 Å². The predicted octanol–water partition coefficient (Wildman–Crippen LogP) is 1.29. The topological polar surface area (TPSA) is 131 Å². The molecule has 11 nitrogen and oxygen atoms in total. The fourth-order valence-electron chi connectivity index (χ4n) is 2.41. The molecule has 0 saturated carbocycles. The van der Waals surface area contributed by atoms with Crippen molar-refractivity contribution in [2.24, 2.45) is 0 Å². The van der Waals surface area contributed by atoms with Gasteiger partial charge in [-0.1, -0.05) is 5.21 Å². The molecular formula is C18H22N4O7. The van der Waals surface area contributed by atoms with E-state index in [1.165, 1.54) is 14.2 Å². The SMILES string of the molecule is CCOC(=O)c1nnn(CC(=O)Nc2ccc(OC)c(OC)c2)c1C(=O)OCC. The minimum atomic E-state index is -0.834. The van der Waals surface area contributed by atoms with Crippen molar-refractivity contribution in [3.63, 3.8) is 0 Å². The Labute approximate surface area is 166 Å². The molecule has 0 aliphatic rings. The first kappa shape index (κ1) is 21.7. The Morgan fingerprint density at radius 2 is 1.66 bits per heavy atom. The van der Waals surface area contributed by atoms with Crippen molar-refractivity contribution in [3.05, 3.63) is 29.6 Å². The zero-order chi connectivity index (χ0) is 21.4. The minimum Gasteiger partial charge on any atom is -0.493 e. The van der Waals surface area contributed by atoms with Gasteiger partial charge in [-0.25, -0.2) is 14.3 Å². The summed E-state index contributed by atoms with van der Waals surface area (Å²) in [5.74, 6) is -1.24. The summed E-state index contributed by atoms with van der Waals surface area (Å²) >= 11 is 0. The van der Waals surface area contributed by atoms with E-state index in [9.17, 15) is 14.4 Å². The summed E-state index contributed by atoms with van der Waals surface area (Å²) in [6, 6.07) is 4.83. The molecule has 1 N–H and O–H groups in total. The number of aromatic nitrogens is 3. The Morgan fingerprint density at radius 1 is 1.00 bits per heavy atom. The maximum Gasteiger partial charge on any atom is 0.361 e. The number of carbonyl (C=O) groups excluding carboxylic acids is 3. The molecule has 0 aliphatic heterocycles. The molecule has 1 aromatic heterocycles. The Hall–Kier alpha value is -3.63. The van der Waals surface area contributed by atoms with Crippen molar-refractivity contribution < 1.29 is 33.3 Å². The maximum absolute atomic E-state index is 12.4. The van der Waals surface area contributed by atoms with Crippen LogP contribution in [0.5, 0.6) is 11.5 Å². The van der Waals surface area contributed by atoms with E-state index >= 15 is 0 Å². The van der Waals surface area contributed by atoms with Crippen LogP contribution in [0, 0.1) is 0 Å². The first-order chi connectivity index (χ1) is 13.9. The van der Waals surface area contributed by atoms with Crippen LogP contribution in [0.3, 0.4) is 0 Å². The van der Waals surface area contributed by atoms with Gasteiger partial charge in [-0.3, -0.25) is 4.79 Å². The summed E-state index contributed by atoms with van der Waals surface area (Å²) in [6.07, 6.45) is 0. The molecule has 0 bridgehead atoms. The van der Waals surface area contributed by atoms with Crippen molar-refractivity contribution in [2.45, 2.75) is 20.4 Å². The van der Waals surface area contributed by atoms with E-state index < -0.39 is 17.8 Å². The van der Waals surface area contributed by atoms with Gasteiger partial charge in [0.1, 0.15) is 6.54 Å². The predicted molar refractivity (Wildman–Crippen MR) is 100 cm³/mol. The summed E-state index contributed by atoms with van der Waals surface area (Å²) in [6.45, 7) is 3.01. The molecule has 1 aromatic carbocycles. The molecule has 2 aromatic rings. The summed E-state index contributed by atoms with van der Waals surface area (Å²) in [7, 11) is 2.97. The number of esters is 2. The van der Waals surface area contributed by atoms with Crippen LogP contribution in [0.15, 0.2) is 18.2 Å². The highest BCUT2D eigenvalue weighted by Crippen LogP contribution is 2.29. The standard InChI is InChI=1S/C18H22N4O7/c1-5-28-17(24)15-16(18(25)29-6-2)22(21-20-15)10-14(23)19-11-7-8-12(26-3)13(9-11)27-4/h7-9H,5-6,10H2,1-4H3,(H,19,23). The van der Waals surface area contributed by atoms with Crippen LogP contribution < -0.4 is 14.8 Å². The Bertz CT molecular complexity index is 894. The Kier molecular flexibility index (Phi) is 7.52. The highest BCUT2D eigenvalue weighted by atomic mass is 16.5. The van der Waals surface area contributed by atoms with Gasteiger partial charge in [0.05, 0.1) is 27.4 Å². The van der Waals surface area contributed by atoms with Gasteiger partial charge in [-0.05, 0) is 26.0 Å². The fourth-order valence-corrected chi connectivity index (χ4v) is 2.41. The zero-order valence-electron chi connectivity index (χ0n) is 16.6. The monoisotopic (exact) mass is 406 g/mol. The Balaban J connectivity index is 2.23. The molecule has 11 heteroatoms. The quantitative estimate of drug-likeness (QED) is 0.612. The van der Waals surface area contributed by atoms with Gasteiger partial charge in [-0.15, -0.1) is 5.10 Å². The smallest absolute Gasteiger partial charge is 0.361 e. The van der Waals surface area contributed by atoms with Gasteiger partial charge < -0.3 is 24.3 Å². The number of carbonyl (C=O) groups is 3. The molecule has 29 heavy (non-hydrogen) atoms. The van der Waals surface area contributed by atoms with Crippen LogP contribution in [-0.2, 0) is 20.8 Å². The lowest BCUT2D eigenvalue weighted by Gasteiger charge is -2.11. The van der Waals surface area contributed by atoms with Gasteiger partial charge in [0.2, 0.25) is 11.6 Å². The van der Waals surface area contributed by atoms with Crippen molar-refractivity contribution in [1.29, 1.82) is 0 Å². The number of ether oxygens (including phenoxy) is 4. The molecule has 1 heterocycles. The summed E-state index contributed by atoms with van der Waals surface area (Å²) in [5, 5.41) is 10.0. The molecule has 0 unspecified atom stereocenters. The summed E-state index contributed by atoms with van der Waals surface area (Å²) in [5.41, 5.74) is -0.131. The average Bonchev–Trinajstić information content (AvgIpc) is 3.11. The molecule has 0 aliphatic carbocycles. The number of rotatable bonds is 9. The molecule has 1 amide bonds. The van der Waals surface area contributed by atoms with Crippen molar-refractivity contribution in [1.82, 2.24) is 15.0 Å². The highest BCUT2D eigenvalue weighted by molar-refractivity contribution is 6.01. The largest absolute Gasteiger partial charge is 0.493 e. The first-order valence-corrected chi connectivity index (χ1v) is 8.74. The average molecular weight is 406 g/mol. The van der Waals surface area contributed by atoms with E-state index in [4.69, 9.17) is 18.9 Å². The van der Waals surface area contributed by atoms with Crippen LogP contribution in [0.25, 0.3) is 0 Å². The lowest BCUT2D eigenvalue weighted by Crippen LogP contribution is -2.24. The lowest BCUT2D eigenvalue weighted by atomic mass is 10.2. The molecule has 0 fully saturated rings. The molecule has 156 valence electrons. The van der Waals surface area contributed by atoms with Crippen LogP contribution in [0.2, 0.25) is 0 Å². The second-order valence-corrected chi connectivity index (χ2v) is 5.50. The van der Waals surface area contributed by atoms with E-state index in [1.54, 1.807) is 32.0 Å². The third-order valence-electron chi connectivity index (χ3n) is 3.63. The summed E-state index contributed by atoms with van der Waals surface area (Å²) in [4.78, 5) is 36.7. The van der Waals surface area contributed by atoms with E-state index in [0.29, 0.717) is 17.2 Å². The van der Waals surface area contributed by atoms with Gasteiger partial charge >= 0.3 is 11.9 Å². The van der Waals surface area contributed by atoms with E-state index in [0.717, 1.165) is 4.68 Å². The first-order valence-electron chi connectivity index (χ1n) is 8.74. The van der Waals surface area contributed by atoms with Crippen LogP contribution in [0.1, 0.15) is 34.8 Å². The zero-order valence-corrected chi connectivity index (χ0v) is 16.6. The molecule has 0 radical (unpaired) electrons. The summed E-state index contributed by atoms with van der Waals surface area (Å²) < 4.78 is 21.1. The molecular weight excluding hydrogens is 384 g/mol. The van der Waals surface area contributed by atoms with Crippen molar-refractivity contribution in [3.8, 4) is 11.5 Å². The van der Waals surface area contributed by atoms with Crippen LogP contribution in [0.4, 0.5) is 5.69 Å². The van der Waals surface area contributed by atoms with E-state index in [1.807, 2.05) is 0 Å². The fraction of sp³-hybridized carbons (Fsp3) is 0.389. The minimum absolute atomic E-state index is 0.0735. The molecule has 0 spiro atoms. The second kappa shape index (κ2) is 10.1.